The van der Waals surface area contributed by atoms with Crippen LogP contribution in [0.25, 0.3) is 20.8 Å². The maximum Gasteiger partial charge on any atom is 0.265 e. The highest BCUT2D eigenvalue weighted by molar-refractivity contribution is 7.29. The number of nitrogens with one attached hydrogen (secondary N) is 2. The first kappa shape index (κ1) is 18.9. The molecule has 0 aliphatic rings. The summed E-state index contributed by atoms with van der Waals surface area (Å²) in [6.45, 7) is 0.594. The van der Waals surface area contributed by atoms with Crippen LogP contribution < -0.4 is 10.2 Å². The summed E-state index contributed by atoms with van der Waals surface area (Å²) in [5.41, 5.74) is 2.32. The van der Waals surface area contributed by atoms with Crippen molar-refractivity contribution in [3.8, 4) is 11.3 Å². The van der Waals surface area contributed by atoms with Crippen LogP contribution in [0.4, 0.5) is 10.8 Å². The molecule has 0 spiro atoms. The zero-order valence-electron chi connectivity index (χ0n) is 14.8. The number of nitrogens with zero attached hydrogens (tertiary/aromatic N) is 3. The van der Waals surface area contributed by atoms with Crippen LogP contribution in [0.15, 0.2) is 36.5 Å². The fourth-order valence-corrected chi connectivity index (χ4v) is 4.92. The van der Waals surface area contributed by atoms with Crippen molar-refractivity contribution in [2.45, 2.75) is 0 Å². The number of thiazole rings is 1. The van der Waals surface area contributed by atoms with E-state index in [2.05, 4.69) is 20.5 Å². The first-order chi connectivity index (χ1) is 13.5. The summed E-state index contributed by atoms with van der Waals surface area (Å²) < 4.78 is 0.958. The number of rotatable bonds is 6. The lowest BCUT2D eigenvalue weighted by Gasteiger charge is -2.12. The smallest absolute Gasteiger partial charge is 0.265 e. The van der Waals surface area contributed by atoms with Crippen molar-refractivity contribution in [1.29, 1.82) is 0 Å². The predicted molar refractivity (Wildman–Crippen MR) is 115 cm³/mol. The number of carbonyl (C=O) groups is 1. The highest BCUT2D eigenvalue weighted by atomic mass is 35.5. The lowest BCUT2D eigenvalue weighted by molar-refractivity contribution is 0.103. The van der Waals surface area contributed by atoms with E-state index in [9.17, 15) is 4.79 Å². The Bertz CT molecular complexity index is 1090. The molecule has 0 radical (unpaired) electrons. The quantitative estimate of drug-likeness (QED) is 0.426. The van der Waals surface area contributed by atoms with Crippen LogP contribution in [0.1, 0.15) is 9.67 Å². The molecule has 0 aliphatic carbocycles. The molecule has 1 amide bonds. The Balaban J connectivity index is 1.47. The second-order valence-electron chi connectivity index (χ2n) is 6.05. The van der Waals surface area contributed by atoms with Crippen molar-refractivity contribution in [1.82, 2.24) is 15.2 Å². The standard InChI is InChI=1S/C18H16ClN5O2S2/c1-24(6-7-25)18-22-17-14(28-18)8-13(27-17)16(26)21-11-4-2-10(3-5-11)15-12(19)9-20-23-15/h2-5,8-9,25H,6-7H2,1H3,(H,20,23)(H,21,26). The minimum absolute atomic E-state index is 0.0722. The Morgan fingerprint density at radius 3 is 2.75 bits per heavy atom. The molecule has 0 atom stereocenters. The summed E-state index contributed by atoms with van der Waals surface area (Å²) in [5.74, 6) is -0.173. The number of H-pyrrole nitrogens is 1. The number of aromatic amines is 1. The minimum Gasteiger partial charge on any atom is -0.395 e. The molecule has 3 heterocycles. The van der Waals surface area contributed by atoms with Gasteiger partial charge in [0.15, 0.2) is 5.13 Å². The van der Waals surface area contributed by atoms with Gasteiger partial charge < -0.3 is 15.3 Å². The molecule has 0 unspecified atom stereocenters. The Labute approximate surface area is 173 Å². The molecule has 1 aromatic carbocycles. The van der Waals surface area contributed by atoms with Crippen molar-refractivity contribution in [3.63, 3.8) is 0 Å². The fraction of sp³-hybridized carbons (Fsp3) is 0.167. The van der Waals surface area contributed by atoms with Gasteiger partial charge in [0.1, 0.15) is 4.83 Å². The summed E-state index contributed by atoms with van der Waals surface area (Å²) in [6.07, 6.45) is 1.55. The van der Waals surface area contributed by atoms with Crippen molar-refractivity contribution >= 4 is 60.5 Å². The average Bonchev–Trinajstić information content (AvgIpc) is 3.37. The van der Waals surface area contributed by atoms with Gasteiger partial charge in [0.2, 0.25) is 0 Å². The third-order valence-corrected chi connectivity index (χ3v) is 6.65. The zero-order chi connectivity index (χ0) is 19.7. The lowest BCUT2D eigenvalue weighted by atomic mass is 10.1. The second-order valence-corrected chi connectivity index (χ2v) is 8.49. The fourth-order valence-electron chi connectivity index (χ4n) is 2.63. The first-order valence-corrected chi connectivity index (χ1v) is 10.4. The number of halogens is 1. The van der Waals surface area contributed by atoms with Gasteiger partial charge >= 0.3 is 0 Å². The molecule has 28 heavy (non-hydrogen) atoms. The molecular weight excluding hydrogens is 418 g/mol. The van der Waals surface area contributed by atoms with Crippen molar-refractivity contribution in [2.75, 3.05) is 30.4 Å². The zero-order valence-corrected chi connectivity index (χ0v) is 17.2. The maximum atomic E-state index is 12.6. The number of carbonyl (C=O) groups excluding carboxylic acids is 1. The van der Waals surface area contributed by atoms with E-state index in [1.807, 2.05) is 42.3 Å². The van der Waals surface area contributed by atoms with E-state index >= 15 is 0 Å². The van der Waals surface area contributed by atoms with Gasteiger partial charge in [0.25, 0.3) is 5.91 Å². The van der Waals surface area contributed by atoms with E-state index in [1.54, 1.807) is 6.20 Å². The highest BCUT2D eigenvalue weighted by Crippen LogP contribution is 2.34. The molecule has 3 N–H and O–H groups in total. The third-order valence-electron chi connectivity index (χ3n) is 4.09. The predicted octanol–water partition coefficient (Wildman–Crippen LogP) is 4.08. The Morgan fingerprint density at radius 2 is 2.11 bits per heavy atom. The van der Waals surface area contributed by atoms with Gasteiger partial charge in [-0.15, -0.1) is 11.3 Å². The van der Waals surface area contributed by atoms with E-state index in [-0.39, 0.29) is 12.5 Å². The second kappa shape index (κ2) is 7.88. The topological polar surface area (TPSA) is 94.1 Å². The van der Waals surface area contributed by atoms with Crippen molar-refractivity contribution in [2.24, 2.45) is 0 Å². The molecule has 0 saturated heterocycles. The highest BCUT2D eigenvalue weighted by Gasteiger charge is 2.16. The normalized spacial score (nSPS) is 11.1. The van der Waals surface area contributed by atoms with E-state index in [0.29, 0.717) is 22.1 Å². The van der Waals surface area contributed by atoms with Crippen LogP contribution in [-0.4, -0.2) is 46.4 Å². The molecule has 4 aromatic rings. The molecule has 144 valence electrons. The molecule has 3 aromatic heterocycles. The van der Waals surface area contributed by atoms with E-state index in [4.69, 9.17) is 16.7 Å². The number of likely N-dealkylation sites (N-methyl/N-ethyl adjacent to an activating group) is 1. The molecule has 10 heteroatoms. The summed E-state index contributed by atoms with van der Waals surface area (Å²) >= 11 is 8.93. The van der Waals surface area contributed by atoms with Gasteiger partial charge in [-0.3, -0.25) is 9.89 Å². The van der Waals surface area contributed by atoms with E-state index in [0.717, 1.165) is 25.9 Å². The Morgan fingerprint density at radius 1 is 1.32 bits per heavy atom. The van der Waals surface area contributed by atoms with Gasteiger partial charge in [-0.05, 0) is 18.2 Å². The number of hydrogen-bond acceptors (Lipinski definition) is 7. The monoisotopic (exact) mass is 433 g/mol. The van der Waals surface area contributed by atoms with Crippen LogP contribution >= 0.6 is 34.3 Å². The number of anilines is 2. The Kier molecular flexibility index (Phi) is 5.31. The number of benzene rings is 1. The van der Waals surface area contributed by atoms with Gasteiger partial charge in [0.05, 0.1) is 33.1 Å². The number of aromatic nitrogens is 3. The minimum atomic E-state index is -0.173. The number of aliphatic hydroxyl groups excluding tert-OH is 1. The van der Waals surface area contributed by atoms with Crippen LogP contribution in [0, 0.1) is 0 Å². The largest absolute Gasteiger partial charge is 0.395 e. The molecule has 0 bridgehead atoms. The van der Waals surface area contributed by atoms with Gasteiger partial charge in [-0.2, -0.15) is 5.10 Å². The summed E-state index contributed by atoms with van der Waals surface area (Å²) in [4.78, 5) is 20.4. The molecule has 0 saturated carbocycles. The van der Waals surface area contributed by atoms with Gasteiger partial charge in [-0.1, -0.05) is 35.1 Å². The van der Waals surface area contributed by atoms with E-state index < -0.39 is 0 Å². The molecule has 4 rings (SSSR count). The van der Waals surface area contributed by atoms with Crippen LogP contribution in [0.2, 0.25) is 5.02 Å². The summed E-state index contributed by atoms with van der Waals surface area (Å²) in [5, 5.41) is 20.1. The lowest BCUT2D eigenvalue weighted by Crippen LogP contribution is -2.20. The molecular formula is C18H16ClN5O2S2. The SMILES string of the molecule is CN(CCO)c1nc2sc(C(=O)Nc3ccc(-c4[nH]ncc4Cl)cc3)cc2s1. The number of thiophene rings is 1. The van der Waals surface area contributed by atoms with Crippen LogP contribution in [0.5, 0.6) is 0 Å². The number of hydrogen-bond donors (Lipinski definition) is 3. The van der Waals surface area contributed by atoms with Crippen LogP contribution in [-0.2, 0) is 0 Å². The number of fused-ring (bicyclic) bond motifs is 1. The summed E-state index contributed by atoms with van der Waals surface area (Å²) in [6, 6.07) is 9.22. The summed E-state index contributed by atoms with van der Waals surface area (Å²) in [7, 11) is 1.88. The Hall–Kier alpha value is -2.46. The van der Waals surface area contributed by atoms with Crippen molar-refractivity contribution < 1.29 is 9.90 Å². The molecule has 7 nitrogen and oxygen atoms in total. The van der Waals surface area contributed by atoms with E-state index in [1.165, 1.54) is 22.7 Å². The maximum absolute atomic E-state index is 12.6. The van der Waals surface area contributed by atoms with Gasteiger partial charge in [0, 0.05) is 24.8 Å². The number of aliphatic hydroxyl groups is 1. The number of amides is 1. The van der Waals surface area contributed by atoms with Crippen LogP contribution in [0.3, 0.4) is 0 Å². The molecule has 0 aliphatic heterocycles. The molecule has 0 fully saturated rings. The van der Waals surface area contributed by atoms with Crippen molar-refractivity contribution in [3.05, 3.63) is 46.4 Å². The third kappa shape index (κ3) is 3.74. The van der Waals surface area contributed by atoms with Gasteiger partial charge in [-0.25, -0.2) is 4.98 Å². The first-order valence-electron chi connectivity index (χ1n) is 8.38. The average molecular weight is 434 g/mol.